The topological polar surface area (TPSA) is 35.5 Å². The summed E-state index contributed by atoms with van der Waals surface area (Å²) in [6, 6.07) is 1.24. The van der Waals surface area contributed by atoms with E-state index in [-0.39, 0.29) is 17.5 Å². The van der Waals surface area contributed by atoms with Crippen LogP contribution < -0.4 is 0 Å². The number of morpholine rings is 1. The SMILES string of the molecule is CC(=O)O[C@H]1[C@@H]([N+]2(C)CCOCC2)C[C@H]2[C@@H]3CC[C@H]4C[C@@H]([N+](C)(C)C)CC[C@]4(C)[C@H]3CC[C@@]21C. The molecule has 0 aromatic heterocycles. The first-order valence-electron chi connectivity index (χ1n) is 14.3. The number of quaternary nitrogens is 2. The minimum absolute atomic E-state index is 0.0542. The molecule has 5 fully saturated rings. The fourth-order valence-corrected chi connectivity index (χ4v) is 9.97. The van der Waals surface area contributed by atoms with Crippen molar-refractivity contribution in [2.75, 3.05) is 54.5 Å². The summed E-state index contributed by atoms with van der Waals surface area (Å²) in [4.78, 5) is 12.3. The van der Waals surface area contributed by atoms with Gasteiger partial charge in [-0.3, -0.25) is 4.79 Å². The molecular weight excluding hydrogens is 424 g/mol. The van der Waals surface area contributed by atoms with Crippen LogP contribution in [0.4, 0.5) is 0 Å². The maximum atomic E-state index is 12.3. The Hall–Kier alpha value is -0.650. The second-order valence-electron chi connectivity index (χ2n) is 14.6. The number of esters is 1. The summed E-state index contributed by atoms with van der Waals surface area (Å²) < 4.78 is 14.2. The predicted molar refractivity (Wildman–Crippen MR) is 135 cm³/mol. The van der Waals surface area contributed by atoms with Crippen molar-refractivity contribution >= 4 is 5.97 Å². The van der Waals surface area contributed by atoms with Gasteiger partial charge in [0.2, 0.25) is 0 Å². The summed E-state index contributed by atoms with van der Waals surface area (Å²) in [5.41, 5.74) is 0.627. The second-order valence-corrected chi connectivity index (χ2v) is 14.6. The fourth-order valence-electron chi connectivity index (χ4n) is 9.97. The van der Waals surface area contributed by atoms with Crippen LogP contribution in [-0.2, 0) is 14.3 Å². The zero-order chi connectivity index (χ0) is 24.5. The van der Waals surface area contributed by atoms with Crippen molar-refractivity contribution in [3.63, 3.8) is 0 Å². The van der Waals surface area contributed by atoms with Gasteiger partial charge in [0, 0.05) is 25.2 Å². The monoisotopic (exact) mass is 476 g/mol. The highest BCUT2D eigenvalue weighted by molar-refractivity contribution is 5.66. The van der Waals surface area contributed by atoms with Gasteiger partial charge in [-0.2, -0.15) is 0 Å². The summed E-state index contributed by atoms with van der Waals surface area (Å²) in [5, 5.41) is 0. The quantitative estimate of drug-likeness (QED) is 0.445. The van der Waals surface area contributed by atoms with E-state index in [0.717, 1.165) is 59.1 Å². The molecule has 5 rings (SSSR count). The summed E-state index contributed by atoms with van der Waals surface area (Å²) in [6.07, 6.45) is 10.8. The van der Waals surface area contributed by atoms with Gasteiger partial charge in [0.05, 0.1) is 47.4 Å². The van der Waals surface area contributed by atoms with E-state index in [2.05, 4.69) is 42.0 Å². The standard InChI is InChI=1S/C29H52N2O3/c1-20(32)34-27-26(31(7)14-16-33-17-15-31)19-25-23-9-8-21-18-22(30(4,5)6)10-12-28(21,2)24(23)11-13-29(25,27)3/h21-27H,8-19H2,1-7H3/q+2/t21-,22-,23+,24-,25-,26-,27-,28-,29-/m0/s1. The predicted octanol–water partition coefficient (Wildman–Crippen LogP) is 4.49. The molecule has 0 unspecified atom stereocenters. The summed E-state index contributed by atoms with van der Waals surface area (Å²) in [5.74, 6) is 3.14. The third-order valence-electron chi connectivity index (χ3n) is 12.3. The second kappa shape index (κ2) is 8.45. The number of nitrogens with zero attached hydrogens (tertiary/aromatic N) is 2. The Balaban J connectivity index is 1.42. The maximum absolute atomic E-state index is 12.3. The van der Waals surface area contributed by atoms with Crippen molar-refractivity contribution in [1.29, 1.82) is 0 Å². The van der Waals surface area contributed by atoms with Crippen molar-refractivity contribution in [3.8, 4) is 0 Å². The average molecular weight is 477 g/mol. The molecule has 4 aliphatic carbocycles. The van der Waals surface area contributed by atoms with Crippen LogP contribution in [0.2, 0.25) is 0 Å². The van der Waals surface area contributed by atoms with Gasteiger partial charge in [-0.15, -0.1) is 0 Å². The molecule has 4 saturated carbocycles. The number of hydrogen-bond acceptors (Lipinski definition) is 3. The van der Waals surface area contributed by atoms with Gasteiger partial charge in [0.1, 0.15) is 19.1 Å². The van der Waals surface area contributed by atoms with Crippen LogP contribution in [0, 0.1) is 34.5 Å². The lowest BCUT2D eigenvalue weighted by atomic mass is 9.45. The number of ether oxygens (including phenoxy) is 2. The molecule has 0 spiro atoms. The zero-order valence-corrected chi connectivity index (χ0v) is 23.1. The molecular formula is C29H52N2O3+2. The number of carbonyl (C=O) groups is 1. The van der Waals surface area contributed by atoms with Crippen molar-refractivity contribution < 1.29 is 23.2 Å². The van der Waals surface area contributed by atoms with Crippen LogP contribution in [0.15, 0.2) is 0 Å². The average Bonchev–Trinajstić information content (AvgIpc) is 3.05. The van der Waals surface area contributed by atoms with Gasteiger partial charge in [0.15, 0.2) is 6.10 Å². The Morgan fingerprint density at radius 2 is 1.62 bits per heavy atom. The minimum Gasteiger partial charge on any atom is -0.456 e. The molecule has 1 heterocycles. The van der Waals surface area contributed by atoms with E-state index >= 15 is 0 Å². The molecule has 0 radical (unpaired) electrons. The van der Waals surface area contributed by atoms with Crippen molar-refractivity contribution in [2.45, 2.75) is 90.3 Å². The highest BCUT2D eigenvalue weighted by Crippen LogP contribution is 2.67. The van der Waals surface area contributed by atoms with Gasteiger partial charge >= 0.3 is 5.97 Å². The molecule has 0 aromatic carbocycles. The molecule has 0 N–H and O–H groups in total. The van der Waals surface area contributed by atoms with E-state index in [4.69, 9.17) is 9.47 Å². The van der Waals surface area contributed by atoms with Crippen LogP contribution >= 0.6 is 0 Å². The van der Waals surface area contributed by atoms with Gasteiger partial charge in [-0.1, -0.05) is 13.8 Å². The molecule has 0 bridgehead atoms. The number of likely N-dealkylation sites (N-methyl/N-ethyl adjacent to an activating group) is 1. The highest BCUT2D eigenvalue weighted by Gasteiger charge is 2.66. The number of hydrogen-bond donors (Lipinski definition) is 0. The first-order valence-corrected chi connectivity index (χ1v) is 14.3. The largest absolute Gasteiger partial charge is 0.456 e. The molecule has 9 atom stereocenters. The third-order valence-corrected chi connectivity index (χ3v) is 12.3. The first kappa shape index (κ1) is 25.0. The Bertz CT molecular complexity index is 787. The summed E-state index contributed by atoms with van der Waals surface area (Å²) >= 11 is 0. The van der Waals surface area contributed by atoms with Crippen molar-refractivity contribution in [3.05, 3.63) is 0 Å². The van der Waals surface area contributed by atoms with Crippen molar-refractivity contribution in [1.82, 2.24) is 0 Å². The lowest BCUT2D eigenvalue weighted by Crippen LogP contribution is -2.62. The Labute approximate surface area is 208 Å². The molecule has 1 saturated heterocycles. The minimum atomic E-state index is -0.0897. The lowest BCUT2D eigenvalue weighted by Gasteiger charge is -2.61. The lowest BCUT2D eigenvalue weighted by molar-refractivity contribution is -0.942. The molecule has 194 valence electrons. The van der Waals surface area contributed by atoms with Gasteiger partial charge < -0.3 is 18.4 Å². The smallest absolute Gasteiger partial charge is 0.303 e. The molecule has 5 nitrogen and oxygen atoms in total. The van der Waals surface area contributed by atoms with Crippen LogP contribution in [0.1, 0.15) is 72.1 Å². The van der Waals surface area contributed by atoms with Gasteiger partial charge in [-0.25, -0.2) is 0 Å². The number of fused-ring (bicyclic) bond motifs is 5. The summed E-state index contributed by atoms with van der Waals surface area (Å²) in [6.45, 7) is 10.6. The third kappa shape index (κ3) is 3.87. The van der Waals surface area contributed by atoms with E-state index in [9.17, 15) is 4.79 Å². The van der Waals surface area contributed by atoms with Gasteiger partial charge in [0.25, 0.3) is 0 Å². The molecule has 0 amide bonds. The van der Waals surface area contributed by atoms with Crippen molar-refractivity contribution in [2.24, 2.45) is 34.5 Å². The van der Waals surface area contributed by atoms with Gasteiger partial charge in [-0.05, 0) is 67.6 Å². The van der Waals surface area contributed by atoms with Crippen LogP contribution in [0.3, 0.4) is 0 Å². The van der Waals surface area contributed by atoms with Crippen LogP contribution in [0.25, 0.3) is 0 Å². The fraction of sp³-hybridized carbons (Fsp3) is 0.966. The Morgan fingerprint density at radius 3 is 2.26 bits per heavy atom. The summed E-state index contributed by atoms with van der Waals surface area (Å²) in [7, 11) is 9.60. The first-order chi connectivity index (χ1) is 15.9. The van der Waals surface area contributed by atoms with Crippen LogP contribution in [-0.4, -0.2) is 87.6 Å². The maximum Gasteiger partial charge on any atom is 0.303 e. The number of rotatable bonds is 3. The molecule has 5 aliphatic rings. The molecule has 34 heavy (non-hydrogen) atoms. The van der Waals surface area contributed by atoms with E-state index in [1.54, 1.807) is 6.92 Å². The van der Waals surface area contributed by atoms with E-state index in [1.807, 2.05) is 0 Å². The molecule has 1 aliphatic heterocycles. The Kier molecular flexibility index (Phi) is 6.22. The molecule has 5 heteroatoms. The van der Waals surface area contributed by atoms with E-state index in [0.29, 0.717) is 17.4 Å². The molecule has 0 aromatic rings. The number of carbonyl (C=O) groups excluding carboxylic acids is 1. The highest BCUT2D eigenvalue weighted by atomic mass is 16.5. The zero-order valence-electron chi connectivity index (χ0n) is 23.1. The van der Waals surface area contributed by atoms with E-state index in [1.165, 1.54) is 51.4 Å². The Morgan fingerprint density at radius 1 is 0.941 bits per heavy atom. The van der Waals surface area contributed by atoms with Crippen LogP contribution in [0.5, 0.6) is 0 Å². The normalized spacial score (nSPS) is 48.4. The van der Waals surface area contributed by atoms with E-state index < -0.39 is 0 Å².